The Morgan fingerprint density at radius 2 is 1.74 bits per heavy atom. The van der Waals surface area contributed by atoms with Gasteiger partial charge in [0.25, 0.3) is 0 Å². The van der Waals surface area contributed by atoms with Crippen molar-refractivity contribution in [2.24, 2.45) is 0 Å². The quantitative estimate of drug-likeness (QED) is 0.263. The van der Waals surface area contributed by atoms with Gasteiger partial charge in [-0.15, -0.1) is 0 Å². The van der Waals surface area contributed by atoms with Crippen LogP contribution in [0.4, 0.5) is 9.70 Å². The molecule has 2 heterocycles. The van der Waals surface area contributed by atoms with E-state index in [0.29, 0.717) is 47.1 Å². The zero-order valence-corrected chi connectivity index (χ0v) is 19.8. The van der Waals surface area contributed by atoms with E-state index in [0.717, 1.165) is 22.3 Å². The predicted octanol–water partition coefficient (Wildman–Crippen LogP) is 6.25. The van der Waals surface area contributed by atoms with Crippen LogP contribution in [-0.4, -0.2) is 25.8 Å². The Morgan fingerprint density at radius 3 is 2.46 bits per heavy atom. The zero-order valence-electron chi connectivity index (χ0n) is 19.0. The number of nitrogens with one attached hydrogen (secondary N) is 1. The smallest absolute Gasteiger partial charge is 0.196 e. The summed E-state index contributed by atoms with van der Waals surface area (Å²) >= 11 is 0.218. The largest absolute Gasteiger partial charge is 0.364 e. The van der Waals surface area contributed by atoms with Crippen LogP contribution in [0, 0.1) is 6.92 Å². The Balaban J connectivity index is 1.67. The first-order chi connectivity index (χ1) is 17.1. The van der Waals surface area contributed by atoms with Crippen LogP contribution >= 0.6 is 12.1 Å². The lowest BCUT2D eigenvalue weighted by molar-refractivity contribution is 0.111. The van der Waals surface area contributed by atoms with Crippen molar-refractivity contribution in [3.63, 3.8) is 0 Å². The summed E-state index contributed by atoms with van der Waals surface area (Å²) in [6, 6.07) is 25.3. The van der Waals surface area contributed by atoms with Crippen LogP contribution in [0.25, 0.3) is 22.6 Å². The maximum absolute atomic E-state index is 13.0. The normalized spacial score (nSPS) is 11.0. The number of carbonyl (C=O) groups excluding carboxylic acids is 1. The first-order valence-electron chi connectivity index (χ1n) is 11.1. The van der Waals surface area contributed by atoms with Gasteiger partial charge in [0.1, 0.15) is 11.3 Å². The van der Waals surface area contributed by atoms with Crippen LogP contribution in [-0.2, 0) is 13.1 Å². The lowest BCUT2D eigenvalue weighted by Crippen LogP contribution is -2.09. The summed E-state index contributed by atoms with van der Waals surface area (Å²) in [4.78, 5) is 25.9. The monoisotopic (exact) mass is 483 g/mol. The minimum atomic E-state index is 0.0674. The molecule has 0 amide bonds. The lowest BCUT2D eigenvalue weighted by Gasteiger charge is -2.13. The highest BCUT2D eigenvalue weighted by Gasteiger charge is 2.20. The van der Waals surface area contributed by atoms with Crippen LogP contribution in [0.15, 0.2) is 83.8 Å². The summed E-state index contributed by atoms with van der Waals surface area (Å²) in [5.41, 5.74) is 5.23. The summed E-state index contributed by atoms with van der Waals surface area (Å²) in [5, 5.41) is 3.38. The van der Waals surface area contributed by atoms with Crippen molar-refractivity contribution in [1.29, 1.82) is 0 Å². The molecule has 0 aliphatic carbocycles. The molecule has 0 saturated heterocycles. The number of aryl methyl sites for hydroxylation is 1. The lowest BCUT2D eigenvalue weighted by atomic mass is 10.1. The fourth-order valence-electron chi connectivity index (χ4n) is 4.00. The Bertz CT molecular complexity index is 1490. The van der Waals surface area contributed by atoms with Gasteiger partial charge in [-0.25, -0.2) is 15.0 Å². The number of imidazole rings is 1. The fraction of sp³-hybridized carbons (Fsp3) is 0.111. The topological polar surface area (TPSA) is 72.7 Å². The number of anilines is 1. The van der Waals surface area contributed by atoms with Gasteiger partial charge >= 0.3 is 0 Å². The molecule has 5 rings (SSSR count). The summed E-state index contributed by atoms with van der Waals surface area (Å²) < 4.78 is 15.0. The van der Waals surface area contributed by atoms with Crippen molar-refractivity contribution < 1.29 is 8.68 Å². The van der Waals surface area contributed by atoms with E-state index in [-0.39, 0.29) is 18.0 Å². The van der Waals surface area contributed by atoms with E-state index in [4.69, 9.17) is 4.98 Å². The number of hydrogen-bond acceptors (Lipinski definition) is 6. The second-order valence-electron chi connectivity index (χ2n) is 8.17. The van der Waals surface area contributed by atoms with Gasteiger partial charge in [-0.1, -0.05) is 66.2 Å². The molecule has 1 N–H and O–H groups in total. The van der Waals surface area contributed by atoms with Crippen molar-refractivity contribution in [2.45, 2.75) is 24.9 Å². The zero-order chi connectivity index (χ0) is 24.2. The van der Waals surface area contributed by atoms with Gasteiger partial charge in [0.15, 0.2) is 23.6 Å². The highest BCUT2D eigenvalue weighted by molar-refractivity contribution is 7.94. The number of aldehydes is 1. The molecule has 5 aromatic rings. The minimum Gasteiger partial charge on any atom is -0.364 e. The number of halogens is 1. The molecule has 0 unspecified atom stereocenters. The first-order valence-corrected chi connectivity index (χ1v) is 11.8. The van der Waals surface area contributed by atoms with Crippen molar-refractivity contribution >= 4 is 35.4 Å². The third-order valence-electron chi connectivity index (χ3n) is 5.66. The predicted molar refractivity (Wildman–Crippen MR) is 137 cm³/mol. The molecule has 0 spiro atoms. The number of carbonyl (C=O) groups is 1. The molecule has 0 radical (unpaired) electrons. The number of benzene rings is 3. The molecule has 174 valence electrons. The van der Waals surface area contributed by atoms with Crippen molar-refractivity contribution in [3.8, 4) is 11.4 Å². The summed E-state index contributed by atoms with van der Waals surface area (Å²) in [7, 11) is 0. The van der Waals surface area contributed by atoms with Crippen molar-refractivity contribution in [1.82, 2.24) is 19.5 Å². The van der Waals surface area contributed by atoms with Gasteiger partial charge in [0, 0.05) is 23.5 Å². The Hall–Kier alpha value is -4.04. The molecule has 3 aromatic carbocycles. The number of nitrogens with zero attached hydrogens (tertiary/aromatic N) is 4. The van der Waals surface area contributed by atoms with E-state index in [1.165, 1.54) is 0 Å². The minimum absolute atomic E-state index is 0.0674. The Kier molecular flexibility index (Phi) is 6.54. The molecular formula is C27H22FN5OS. The van der Waals surface area contributed by atoms with E-state index in [2.05, 4.69) is 21.4 Å². The van der Waals surface area contributed by atoms with Crippen molar-refractivity contribution in [3.05, 3.63) is 101 Å². The number of rotatable bonds is 8. The number of fused-ring (bicyclic) bond motifs is 1. The molecule has 0 bridgehead atoms. The van der Waals surface area contributed by atoms with Gasteiger partial charge in [-0.3, -0.25) is 4.79 Å². The molecule has 0 atom stereocenters. The van der Waals surface area contributed by atoms with Gasteiger partial charge in [-0.05, 0) is 36.2 Å². The summed E-state index contributed by atoms with van der Waals surface area (Å²) in [5.74, 6) is 1.31. The molecule has 0 saturated carbocycles. The van der Waals surface area contributed by atoms with Crippen LogP contribution in [0.3, 0.4) is 0 Å². The maximum Gasteiger partial charge on any atom is 0.196 e. The highest BCUT2D eigenvalue weighted by atomic mass is 32.2. The molecule has 2 aromatic heterocycles. The van der Waals surface area contributed by atoms with Crippen LogP contribution in [0.1, 0.15) is 27.3 Å². The molecule has 0 aliphatic rings. The fourth-order valence-corrected chi connectivity index (χ4v) is 4.24. The van der Waals surface area contributed by atoms with E-state index in [1.54, 1.807) is 12.1 Å². The van der Waals surface area contributed by atoms with Gasteiger partial charge < -0.3 is 9.88 Å². The number of aromatic nitrogens is 4. The standard InChI is InChI=1S/C27H22FN5OS/c1-18-6-5-9-21(14-18)27-32-26-24(33(27)16-20-10-12-22(35-28)13-11-20)25(30-23(17-34)31-26)29-15-19-7-3-2-4-8-19/h2-14,17H,15-16H2,1H3,(H,29,30,31). The Morgan fingerprint density at radius 1 is 0.943 bits per heavy atom. The SMILES string of the molecule is Cc1cccc(-c2nc3nc(C=O)nc(NCc4ccccc4)c3n2Cc2ccc(SF)cc2)c1. The van der Waals surface area contributed by atoms with Gasteiger partial charge in [-0.2, -0.15) is 3.89 Å². The van der Waals surface area contributed by atoms with E-state index in [9.17, 15) is 8.68 Å². The molecule has 0 aliphatic heterocycles. The summed E-state index contributed by atoms with van der Waals surface area (Å²) in [6.45, 7) is 3.03. The van der Waals surface area contributed by atoms with E-state index < -0.39 is 0 Å². The number of hydrogen-bond donors (Lipinski definition) is 1. The van der Waals surface area contributed by atoms with Crippen LogP contribution in [0.5, 0.6) is 0 Å². The first kappa shape index (κ1) is 22.7. The second kappa shape index (κ2) is 10.1. The van der Waals surface area contributed by atoms with Gasteiger partial charge in [0.05, 0.1) is 12.1 Å². The van der Waals surface area contributed by atoms with E-state index in [1.807, 2.05) is 72.2 Å². The summed E-state index contributed by atoms with van der Waals surface area (Å²) in [6.07, 6.45) is 0.631. The average Bonchev–Trinajstić information content (AvgIpc) is 3.26. The molecule has 35 heavy (non-hydrogen) atoms. The highest BCUT2D eigenvalue weighted by Crippen LogP contribution is 2.30. The molecular weight excluding hydrogens is 461 g/mol. The maximum atomic E-state index is 13.0. The average molecular weight is 484 g/mol. The molecule has 6 nitrogen and oxygen atoms in total. The van der Waals surface area contributed by atoms with Crippen LogP contribution in [0.2, 0.25) is 0 Å². The van der Waals surface area contributed by atoms with E-state index >= 15 is 0 Å². The second-order valence-corrected chi connectivity index (χ2v) is 8.80. The third-order valence-corrected chi connectivity index (χ3v) is 6.11. The third kappa shape index (κ3) is 4.93. The van der Waals surface area contributed by atoms with Crippen LogP contribution < -0.4 is 5.32 Å². The Labute approximate surface area is 206 Å². The van der Waals surface area contributed by atoms with Gasteiger partial charge in [0.2, 0.25) is 0 Å². The molecule has 0 fully saturated rings. The van der Waals surface area contributed by atoms with Crippen molar-refractivity contribution in [2.75, 3.05) is 5.32 Å². The molecule has 8 heteroatoms.